The van der Waals surface area contributed by atoms with Crippen LogP contribution in [0.25, 0.3) is 6.08 Å². The highest BCUT2D eigenvalue weighted by molar-refractivity contribution is 6.32. The summed E-state index contributed by atoms with van der Waals surface area (Å²) in [6.45, 7) is 0. The Bertz CT molecular complexity index is 810. The Labute approximate surface area is 125 Å². The van der Waals surface area contributed by atoms with Crippen LogP contribution in [0.4, 0.5) is 5.69 Å². The standard InChI is InChI=1S/C16H10N2O4/c19-16-13(10-11-6-2-1-3-7-11)15(17-22-16)12-8-4-5-9-14(12)18(20)21/h1-10H/b13-10+. The maximum atomic E-state index is 11.9. The second-order valence-corrected chi connectivity index (χ2v) is 4.56. The lowest BCUT2D eigenvalue weighted by atomic mass is 9.99. The lowest BCUT2D eigenvalue weighted by molar-refractivity contribution is -0.385. The summed E-state index contributed by atoms with van der Waals surface area (Å²) in [5, 5.41) is 14.8. The maximum absolute atomic E-state index is 11.9. The van der Waals surface area contributed by atoms with Crippen LogP contribution in [0, 0.1) is 10.1 Å². The van der Waals surface area contributed by atoms with Gasteiger partial charge in [0.25, 0.3) is 5.69 Å². The molecule has 0 fully saturated rings. The van der Waals surface area contributed by atoms with E-state index in [-0.39, 0.29) is 22.5 Å². The van der Waals surface area contributed by atoms with E-state index in [9.17, 15) is 14.9 Å². The topological polar surface area (TPSA) is 81.8 Å². The molecule has 0 spiro atoms. The molecule has 22 heavy (non-hydrogen) atoms. The molecular weight excluding hydrogens is 284 g/mol. The van der Waals surface area contributed by atoms with Gasteiger partial charge >= 0.3 is 5.97 Å². The van der Waals surface area contributed by atoms with Crippen molar-refractivity contribution < 1.29 is 14.6 Å². The summed E-state index contributed by atoms with van der Waals surface area (Å²) in [6.07, 6.45) is 1.60. The molecule has 2 aromatic rings. The summed E-state index contributed by atoms with van der Waals surface area (Å²) in [4.78, 5) is 27.2. The lowest BCUT2D eigenvalue weighted by Gasteiger charge is -2.02. The van der Waals surface area contributed by atoms with Crippen molar-refractivity contribution in [2.24, 2.45) is 5.16 Å². The molecule has 0 atom stereocenters. The highest BCUT2D eigenvalue weighted by Gasteiger charge is 2.31. The van der Waals surface area contributed by atoms with Gasteiger partial charge < -0.3 is 4.84 Å². The quantitative estimate of drug-likeness (QED) is 0.377. The smallest absolute Gasteiger partial charge is 0.312 e. The Morgan fingerprint density at radius 1 is 1.05 bits per heavy atom. The van der Waals surface area contributed by atoms with Gasteiger partial charge in [0.2, 0.25) is 0 Å². The average Bonchev–Trinajstić information content (AvgIpc) is 2.89. The molecule has 0 radical (unpaired) electrons. The molecule has 0 unspecified atom stereocenters. The van der Waals surface area contributed by atoms with Gasteiger partial charge in [-0.2, -0.15) is 0 Å². The van der Waals surface area contributed by atoms with Gasteiger partial charge in [-0.15, -0.1) is 0 Å². The fourth-order valence-electron chi connectivity index (χ4n) is 2.15. The van der Waals surface area contributed by atoms with E-state index < -0.39 is 10.9 Å². The molecule has 0 bridgehead atoms. The Morgan fingerprint density at radius 2 is 1.73 bits per heavy atom. The molecule has 1 aliphatic rings. The summed E-state index contributed by atoms with van der Waals surface area (Å²) >= 11 is 0. The highest BCUT2D eigenvalue weighted by Crippen LogP contribution is 2.26. The molecule has 3 rings (SSSR count). The van der Waals surface area contributed by atoms with Crippen LogP contribution in [0.1, 0.15) is 11.1 Å². The largest absolute Gasteiger partial charge is 0.368 e. The van der Waals surface area contributed by atoms with Crippen molar-refractivity contribution in [1.82, 2.24) is 0 Å². The SMILES string of the molecule is O=C1ON=C(c2ccccc2[N+](=O)[O-])/C1=C\c1ccccc1. The Kier molecular flexibility index (Phi) is 3.49. The number of hydrogen-bond donors (Lipinski definition) is 0. The first-order valence-electron chi connectivity index (χ1n) is 6.47. The molecule has 0 saturated heterocycles. The summed E-state index contributed by atoms with van der Waals surface area (Å²) in [6, 6.07) is 15.2. The predicted octanol–water partition coefficient (Wildman–Crippen LogP) is 2.94. The monoisotopic (exact) mass is 294 g/mol. The predicted molar refractivity (Wildman–Crippen MR) is 80.1 cm³/mol. The molecule has 0 amide bonds. The molecule has 108 valence electrons. The number of nitro benzene ring substituents is 1. The van der Waals surface area contributed by atoms with Crippen LogP contribution in [-0.4, -0.2) is 16.6 Å². The molecule has 0 saturated carbocycles. The molecule has 1 heterocycles. The van der Waals surface area contributed by atoms with E-state index in [2.05, 4.69) is 5.16 Å². The molecule has 6 heteroatoms. The van der Waals surface area contributed by atoms with Crippen LogP contribution in [0.3, 0.4) is 0 Å². The minimum atomic E-state index is -0.628. The zero-order valence-electron chi connectivity index (χ0n) is 11.3. The van der Waals surface area contributed by atoms with Crippen LogP contribution in [0.2, 0.25) is 0 Å². The number of hydrogen-bond acceptors (Lipinski definition) is 5. The normalized spacial score (nSPS) is 15.5. The highest BCUT2D eigenvalue weighted by atomic mass is 16.7. The summed E-state index contributed by atoms with van der Waals surface area (Å²) < 4.78 is 0. The van der Waals surface area contributed by atoms with Crippen LogP contribution in [-0.2, 0) is 9.63 Å². The van der Waals surface area contributed by atoms with Crippen molar-refractivity contribution >= 4 is 23.4 Å². The number of para-hydroxylation sites is 1. The molecule has 0 N–H and O–H groups in total. The van der Waals surface area contributed by atoms with Crippen molar-refractivity contribution in [3.8, 4) is 0 Å². The zero-order chi connectivity index (χ0) is 15.5. The van der Waals surface area contributed by atoms with Gasteiger partial charge in [-0.1, -0.05) is 47.6 Å². The number of oxime groups is 1. The molecule has 0 aromatic heterocycles. The second kappa shape index (κ2) is 5.61. The van der Waals surface area contributed by atoms with Crippen LogP contribution in [0.15, 0.2) is 65.3 Å². The van der Waals surface area contributed by atoms with E-state index in [0.29, 0.717) is 0 Å². The molecule has 2 aromatic carbocycles. The Balaban J connectivity index is 2.09. The first-order chi connectivity index (χ1) is 10.7. The minimum Gasteiger partial charge on any atom is -0.312 e. The van der Waals surface area contributed by atoms with Crippen molar-refractivity contribution in [3.63, 3.8) is 0 Å². The van der Waals surface area contributed by atoms with E-state index in [1.165, 1.54) is 12.1 Å². The fourth-order valence-corrected chi connectivity index (χ4v) is 2.15. The van der Waals surface area contributed by atoms with Gasteiger partial charge in [-0.3, -0.25) is 10.1 Å². The second-order valence-electron chi connectivity index (χ2n) is 4.56. The van der Waals surface area contributed by atoms with Crippen molar-refractivity contribution in [2.75, 3.05) is 0 Å². The average molecular weight is 294 g/mol. The molecule has 6 nitrogen and oxygen atoms in total. The number of nitro groups is 1. The van der Waals surface area contributed by atoms with Gasteiger partial charge in [0, 0.05) is 6.07 Å². The van der Waals surface area contributed by atoms with E-state index in [4.69, 9.17) is 4.84 Å². The lowest BCUT2D eigenvalue weighted by Crippen LogP contribution is -2.09. The van der Waals surface area contributed by atoms with E-state index in [0.717, 1.165) is 5.56 Å². The van der Waals surface area contributed by atoms with Gasteiger partial charge in [-0.25, -0.2) is 4.79 Å². The first kappa shape index (κ1) is 13.7. The van der Waals surface area contributed by atoms with Crippen molar-refractivity contribution in [2.45, 2.75) is 0 Å². The molecule has 0 aliphatic carbocycles. The third kappa shape index (κ3) is 2.49. The number of rotatable bonds is 3. The van der Waals surface area contributed by atoms with Crippen LogP contribution < -0.4 is 0 Å². The van der Waals surface area contributed by atoms with Crippen molar-refractivity contribution in [3.05, 3.63) is 81.4 Å². The first-order valence-corrected chi connectivity index (χ1v) is 6.47. The van der Waals surface area contributed by atoms with Gasteiger partial charge in [0.1, 0.15) is 5.71 Å². The minimum absolute atomic E-state index is 0.126. The van der Waals surface area contributed by atoms with E-state index in [1.54, 1.807) is 18.2 Å². The van der Waals surface area contributed by atoms with Gasteiger partial charge in [-0.05, 0) is 17.7 Å². The third-order valence-electron chi connectivity index (χ3n) is 3.16. The summed E-state index contributed by atoms with van der Waals surface area (Å²) in [7, 11) is 0. The molecule has 1 aliphatic heterocycles. The number of carbonyl (C=O) groups is 1. The third-order valence-corrected chi connectivity index (χ3v) is 3.16. The fraction of sp³-hybridized carbons (Fsp3) is 0. The van der Waals surface area contributed by atoms with Crippen LogP contribution >= 0.6 is 0 Å². The number of benzene rings is 2. The Hall–Kier alpha value is -3.28. The van der Waals surface area contributed by atoms with Crippen molar-refractivity contribution in [1.29, 1.82) is 0 Å². The van der Waals surface area contributed by atoms with E-state index >= 15 is 0 Å². The summed E-state index contributed by atoms with van der Waals surface area (Å²) in [5.41, 5.74) is 1.27. The summed E-state index contributed by atoms with van der Waals surface area (Å²) in [5.74, 6) is -0.628. The van der Waals surface area contributed by atoms with E-state index in [1.807, 2.05) is 30.3 Å². The number of carbonyl (C=O) groups excluding carboxylic acids is 1. The zero-order valence-corrected chi connectivity index (χ0v) is 11.3. The maximum Gasteiger partial charge on any atom is 0.368 e. The van der Waals surface area contributed by atoms with Crippen LogP contribution in [0.5, 0.6) is 0 Å². The number of nitrogens with zero attached hydrogens (tertiary/aromatic N) is 2. The molecular formula is C16H10N2O4. The van der Waals surface area contributed by atoms with Gasteiger partial charge in [0.15, 0.2) is 0 Å². The van der Waals surface area contributed by atoms with Gasteiger partial charge in [0.05, 0.1) is 16.1 Å². The Morgan fingerprint density at radius 3 is 2.45 bits per heavy atom.